The van der Waals surface area contributed by atoms with E-state index in [1.807, 2.05) is 0 Å². The molecule has 2 aliphatic rings. The van der Waals surface area contributed by atoms with Crippen LogP contribution < -0.4 is 10.1 Å². The Balaban J connectivity index is 1.51. The second-order valence-corrected chi connectivity index (χ2v) is 10.0. The van der Waals surface area contributed by atoms with Gasteiger partial charge in [0.05, 0.1) is 32.1 Å². The van der Waals surface area contributed by atoms with Crippen LogP contribution in [0, 0.1) is 29.6 Å². The smallest absolute Gasteiger partial charge is 0.280 e. The molecule has 0 aromatic carbocycles. The van der Waals surface area contributed by atoms with Crippen molar-refractivity contribution in [2.45, 2.75) is 37.7 Å². The molecule has 0 bridgehead atoms. The predicted octanol–water partition coefficient (Wildman–Crippen LogP) is 3.85. The maximum absolute atomic E-state index is 13.5. The van der Waals surface area contributed by atoms with Crippen molar-refractivity contribution in [2.24, 2.45) is 5.92 Å². The van der Waals surface area contributed by atoms with Crippen molar-refractivity contribution in [3.63, 3.8) is 0 Å². The van der Waals surface area contributed by atoms with E-state index in [1.165, 1.54) is 25.6 Å². The van der Waals surface area contributed by atoms with Crippen molar-refractivity contribution in [1.82, 2.24) is 20.2 Å². The Morgan fingerprint density at radius 3 is 2.69 bits per heavy atom. The summed E-state index contributed by atoms with van der Waals surface area (Å²) < 4.78 is 37.7. The minimum absolute atomic E-state index is 0.0656. The molecule has 0 unspecified atom stereocenters. The number of alkyl halides is 2. The summed E-state index contributed by atoms with van der Waals surface area (Å²) in [4.78, 5) is 21.4. The number of hydrogen-bond donors (Lipinski definition) is 2. The molecule has 1 saturated heterocycles. The van der Waals surface area contributed by atoms with Gasteiger partial charge in [-0.2, -0.15) is 0 Å². The molecule has 4 heterocycles. The lowest BCUT2D eigenvalue weighted by molar-refractivity contribution is -0.0262. The first-order chi connectivity index (χ1) is 18.8. The molecule has 39 heavy (non-hydrogen) atoms. The molecule has 200 valence electrons. The minimum Gasteiger partial charge on any atom is -0.494 e. The van der Waals surface area contributed by atoms with Crippen molar-refractivity contribution < 1.29 is 28.2 Å². The second kappa shape index (κ2) is 11.4. The van der Waals surface area contributed by atoms with Crippen LogP contribution in [0.4, 0.5) is 13.9 Å². The molecule has 9 nitrogen and oxygen atoms in total. The first kappa shape index (κ1) is 26.6. The summed E-state index contributed by atoms with van der Waals surface area (Å²) in [7, 11) is 1.37. The number of halogens is 2. The first-order valence-electron chi connectivity index (χ1n) is 12.2. The fourth-order valence-electron chi connectivity index (χ4n) is 3.77. The van der Waals surface area contributed by atoms with Gasteiger partial charge < -0.3 is 14.6 Å². The van der Waals surface area contributed by atoms with Gasteiger partial charge in [-0.05, 0) is 36.8 Å². The molecule has 0 radical (unpaired) electrons. The summed E-state index contributed by atoms with van der Waals surface area (Å²) in [5.74, 6) is 11.7. The Kier molecular flexibility index (Phi) is 7.79. The SMILES string of the molecule is COc1cnc(C(F)F)cc1-c1cc(C#CC2(O)CCOCC2)ncc1C(=O)Nc1nnc(C#CC2CC2)s1. The van der Waals surface area contributed by atoms with E-state index in [4.69, 9.17) is 9.47 Å². The summed E-state index contributed by atoms with van der Waals surface area (Å²) in [6.45, 7) is 0.764. The van der Waals surface area contributed by atoms with Gasteiger partial charge in [0, 0.05) is 36.1 Å². The van der Waals surface area contributed by atoms with E-state index in [9.17, 15) is 18.7 Å². The van der Waals surface area contributed by atoms with Crippen LogP contribution in [0.25, 0.3) is 11.1 Å². The summed E-state index contributed by atoms with van der Waals surface area (Å²) in [6, 6.07) is 2.65. The monoisotopic (exact) mass is 551 g/mol. The Labute approximate surface area is 227 Å². The third-order valence-electron chi connectivity index (χ3n) is 6.12. The number of pyridine rings is 2. The fourth-order valence-corrected chi connectivity index (χ4v) is 4.37. The molecule has 2 N–H and O–H groups in total. The van der Waals surface area contributed by atoms with Crippen LogP contribution in [0.5, 0.6) is 5.75 Å². The lowest BCUT2D eigenvalue weighted by Crippen LogP contribution is -2.34. The van der Waals surface area contributed by atoms with E-state index in [2.05, 4.69) is 49.2 Å². The van der Waals surface area contributed by atoms with E-state index in [1.54, 1.807) is 0 Å². The van der Waals surface area contributed by atoms with Gasteiger partial charge in [-0.3, -0.25) is 15.1 Å². The van der Waals surface area contributed by atoms with Crippen LogP contribution in [-0.4, -0.2) is 57.1 Å². The maximum Gasteiger partial charge on any atom is 0.280 e. The first-order valence-corrected chi connectivity index (χ1v) is 13.0. The molecular formula is C27H23F2N5O4S. The Bertz CT molecular complexity index is 1510. The molecule has 1 saturated carbocycles. The van der Waals surface area contributed by atoms with Crippen LogP contribution in [-0.2, 0) is 4.74 Å². The highest BCUT2D eigenvalue weighted by atomic mass is 32.1. The number of aliphatic hydroxyl groups is 1. The van der Waals surface area contributed by atoms with Gasteiger partial charge in [-0.15, -0.1) is 10.2 Å². The van der Waals surface area contributed by atoms with Crippen molar-refractivity contribution in [1.29, 1.82) is 0 Å². The standard InChI is InChI=1S/C27H23F2N5O4S/c1-37-22-15-31-21(24(28)29)13-19(22)18-12-17(6-7-27(36)8-10-38-11-9-27)30-14-20(18)25(35)32-26-34-33-23(39-26)5-4-16-2-3-16/h12-16,24,36H,2-3,8-11H2,1H3,(H,32,34,35). The molecule has 1 aliphatic carbocycles. The van der Waals surface area contributed by atoms with Crippen LogP contribution in [0.15, 0.2) is 24.5 Å². The molecule has 0 atom stereocenters. The lowest BCUT2D eigenvalue weighted by Gasteiger charge is -2.26. The van der Waals surface area contributed by atoms with Gasteiger partial charge in [0.1, 0.15) is 22.7 Å². The molecule has 1 amide bonds. The highest BCUT2D eigenvalue weighted by Crippen LogP contribution is 2.35. The Morgan fingerprint density at radius 1 is 1.18 bits per heavy atom. The van der Waals surface area contributed by atoms with E-state index >= 15 is 0 Å². The molecule has 3 aromatic rings. The predicted molar refractivity (Wildman–Crippen MR) is 138 cm³/mol. The number of methoxy groups -OCH3 is 1. The fraction of sp³-hybridized carbons (Fsp3) is 0.370. The largest absolute Gasteiger partial charge is 0.494 e. The summed E-state index contributed by atoms with van der Waals surface area (Å²) in [6.07, 6.45) is 2.46. The summed E-state index contributed by atoms with van der Waals surface area (Å²) in [5.41, 5.74) is -0.975. The van der Waals surface area contributed by atoms with E-state index in [-0.39, 0.29) is 33.3 Å². The molecule has 2 fully saturated rings. The number of hydrogen-bond acceptors (Lipinski definition) is 9. The van der Waals surface area contributed by atoms with E-state index in [0.29, 0.717) is 37.0 Å². The van der Waals surface area contributed by atoms with Crippen molar-refractivity contribution in [3.8, 4) is 40.6 Å². The number of nitrogens with zero attached hydrogens (tertiary/aromatic N) is 4. The molecule has 1 aliphatic heterocycles. The van der Waals surface area contributed by atoms with Gasteiger partial charge in [0.2, 0.25) is 5.13 Å². The number of carbonyl (C=O) groups is 1. The van der Waals surface area contributed by atoms with E-state index < -0.39 is 23.6 Å². The number of anilines is 1. The van der Waals surface area contributed by atoms with Gasteiger partial charge >= 0.3 is 0 Å². The van der Waals surface area contributed by atoms with Gasteiger partial charge in [0.15, 0.2) is 5.01 Å². The molecular weight excluding hydrogens is 528 g/mol. The summed E-state index contributed by atoms with van der Waals surface area (Å²) in [5, 5.41) is 22.1. The second-order valence-electron chi connectivity index (χ2n) is 9.03. The normalized spacial score (nSPS) is 16.0. The highest BCUT2D eigenvalue weighted by molar-refractivity contribution is 7.15. The molecule has 0 spiro atoms. The number of aromatic nitrogens is 4. The Morgan fingerprint density at radius 2 is 1.97 bits per heavy atom. The Hall–Kier alpha value is -3.97. The zero-order valence-electron chi connectivity index (χ0n) is 20.8. The average molecular weight is 552 g/mol. The number of amides is 1. The van der Waals surface area contributed by atoms with Gasteiger partial charge in [0.25, 0.3) is 12.3 Å². The quantitative estimate of drug-likeness (QED) is 0.459. The zero-order valence-corrected chi connectivity index (χ0v) is 21.6. The highest BCUT2D eigenvalue weighted by Gasteiger charge is 2.27. The lowest BCUT2D eigenvalue weighted by atomic mass is 9.95. The van der Waals surface area contributed by atoms with E-state index in [0.717, 1.165) is 30.2 Å². The van der Waals surface area contributed by atoms with Crippen LogP contribution in [0.2, 0.25) is 0 Å². The van der Waals surface area contributed by atoms with Crippen LogP contribution in [0.3, 0.4) is 0 Å². The number of ether oxygens (including phenoxy) is 2. The van der Waals surface area contributed by atoms with Crippen molar-refractivity contribution in [3.05, 3.63) is 46.5 Å². The molecule has 5 rings (SSSR count). The molecule has 3 aromatic heterocycles. The number of carbonyl (C=O) groups excluding carboxylic acids is 1. The van der Waals surface area contributed by atoms with Crippen LogP contribution >= 0.6 is 11.3 Å². The van der Waals surface area contributed by atoms with Crippen LogP contribution in [0.1, 0.15) is 58.9 Å². The third-order valence-corrected chi connectivity index (χ3v) is 6.87. The molecule has 12 heteroatoms. The maximum atomic E-state index is 13.5. The summed E-state index contributed by atoms with van der Waals surface area (Å²) >= 11 is 1.13. The average Bonchev–Trinajstić information content (AvgIpc) is 3.67. The van der Waals surface area contributed by atoms with Gasteiger partial charge in [-0.25, -0.2) is 13.8 Å². The minimum atomic E-state index is -2.84. The zero-order chi connectivity index (χ0) is 27.4. The van der Waals surface area contributed by atoms with Crippen molar-refractivity contribution in [2.75, 3.05) is 25.6 Å². The number of rotatable bonds is 5. The van der Waals surface area contributed by atoms with Gasteiger partial charge in [-0.1, -0.05) is 23.2 Å². The topological polar surface area (TPSA) is 119 Å². The van der Waals surface area contributed by atoms with Crippen molar-refractivity contribution >= 4 is 22.4 Å². The third kappa shape index (κ3) is 6.55. The number of nitrogens with one attached hydrogen (secondary N) is 1.